The van der Waals surface area contributed by atoms with E-state index < -0.39 is 12.2 Å². The molecule has 0 spiro atoms. The van der Waals surface area contributed by atoms with Gasteiger partial charge in [0.25, 0.3) is 0 Å². The summed E-state index contributed by atoms with van der Waals surface area (Å²) in [4.78, 5) is 29.2. The second-order valence-electron chi connectivity index (χ2n) is 21.6. The Balaban J connectivity index is 0.721. The monoisotopic (exact) mass is 929 g/mol. The van der Waals surface area contributed by atoms with E-state index in [1.807, 2.05) is 48.5 Å². The van der Waals surface area contributed by atoms with E-state index in [1.54, 1.807) is 9.59 Å². The number of aliphatic hydroxyl groups is 2. The molecule has 14 heteroatoms. The number of pyridine rings is 2. The molecular formula is C54H72N8O6+2. The van der Waals surface area contributed by atoms with Crippen molar-refractivity contribution in [3.05, 3.63) is 97.6 Å². The van der Waals surface area contributed by atoms with Crippen LogP contribution in [0.1, 0.15) is 118 Å². The van der Waals surface area contributed by atoms with Gasteiger partial charge in [0.2, 0.25) is 0 Å². The van der Waals surface area contributed by atoms with Gasteiger partial charge < -0.3 is 19.7 Å². The standard InChI is InChI=1S/C54H72N8O6/c1-53(2,3)41-33-37(35-47(51(41)65)61-55-43-13-7-8-14-44(43)56-61)17-19-49(63)67-31-11-25-59-27-21-39(22-28-59)40-23-29-60(30-24-40)26-12-32-68-50(64)20-18-38-34-42(54(4,5)6)52(66)48(36-38)62-57-45-15-9-10-16-46(45)58-62/h7-10,13-16,21-24,27-30,37-38,41-42,47-48,51-52,65-66H,11-12,17-20,25-26,31-36H2,1-6H3/q+2. The van der Waals surface area contributed by atoms with Crippen molar-refractivity contribution in [1.29, 1.82) is 0 Å². The van der Waals surface area contributed by atoms with Gasteiger partial charge in [0.05, 0.1) is 37.5 Å². The zero-order valence-electron chi connectivity index (χ0n) is 40.9. The molecule has 2 aromatic carbocycles. The van der Waals surface area contributed by atoms with Crippen molar-refractivity contribution in [3.8, 4) is 11.1 Å². The minimum Gasteiger partial charge on any atom is -0.465 e. The lowest BCUT2D eigenvalue weighted by Crippen LogP contribution is -2.45. The van der Waals surface area contributed by atoms with E-state index in [4.69, 9.17) is 29.9 Å². The van der Waals surface area contributed by atoms with Crippen LogP contribution in [-0.2, 0) is 32.2 Å². The summed E-state index contributed by atoms with van der Waals surface area (Å²) >= 11 is 0. The normalized spacial score (nSPS) is 23.5. The number of carbonyl (C=O) groups excluding carboxylic acids is 2. The predicted molar refractivity (Wildman–Crippen MR) is 258 cm³/mol. The third kappa shape index (κ3) is 12.2. The first-order valence-corrected chi connectivity index (χ1v) is 24.9. The molecule has 0 saturated heterocycles. The van der Waals surface area contributed by atoms with Crippen molar-refractivity contribution >= 4 is 34.0 Å². The number of nitrogens with zero attached hydrogens (tertiary/aromatic N) is 8. The molecule has 68 heavy (non-hydrogen) atoms. The molecule has 0 bridgehead atoms. The van der Waals surface area contributed by atoms with Crippen LogP contribution in [0.3, 0.4) is 0 Å². The SMILES string of the molecule is CC(C)(C)C1CC(CCC(=O)OCCC[n+]2ccc(-c3cc[n+](CCCOC(=O)CCC4CC(n5nc6ccccc6n5)C(O)C(C(C)(C)C)C4)cc3)cc2)CC(n2nc3ccccc3n2)C1O. The lowest BCUT2D eigenvalue weighted by molar-refractivity contribution is -0.697. The Kier molecular flexibility index (Phi) is 15.3. The Morgan fingerprint density at radius 2 is 0.897 bits per heavy atom. The van der Waals surface area contributed by atoms with E-state index in [-0.39, 0.29) is 58.5 Å². The summed E-state index contributed by atoms with van der Waals surface area (Å²) in [7, 11) is 0. The Bertz CT molecular complexity index is 2350. The number of aryl methyl sites for hydroxylation is 2. The van der Waals surface area contributed by atoms with Gasteiger partial charge in [-0.15, -0.1) is 0 Å². The molecule has 2 N–H and O–H groups in total. The summed E-state index contributed by atoms with van der Waals surface area (Å²) in [5, 5.41) is 41.8. The van der Waals surface area contributed by atoms with Crippen LogP contribution in [0, 0.1) is 34.5 Å². The number of hydrogen-bond donors (Lipinski definition) is 2. The maximum absolute atomic E-state index is 12.9. The fourth-order valence-corrected chi connectivity index (χ4v) is 10.7. The molecule has 362 valence electrons. The smallest absolute Gasteiger partial charge is 0.305 e. The quantitative estimate of drug-likeness (QED) is 0.0518. The highest BCUT2D eigenvalue weighted by Gasteiger charge is 2.45. The van der Waals surface area contributed by atoms with Crippen LogP contribution in [0.25, 0.3) is 33.2 Å². The van der Waals surface area contributed by atoms with Crippen LogP contribution >= 0.6 is 0 Å². The van der Waals surface area contributed by atoms with Crippen molar-refractivity contribution in [2.45, 2.75) is 143 Å². The maximum Gasteiger partial charge on any atom is 0.305 e. The lowest BCUT2D eigenvalue weighted by Gasteiger charge is -2.44. The first kappa shape index (κ1) is 48.8. The van der Waals surface area contributed by atoms with E-state index in [9.17, 15) is 19.8 Å². The largest absolute Gasteiger partial charge is 0.465 e. The average Bonchev–Trinajstić information content (AvgIpc) is 3.96. The van der Waals surface area contributed by atoms with Gasteiger partial charge in [-0.25, -0.2) is 9.13 Å². The molecule has 8 rings (SSSR count). The number of carbonyl (C=O) groups is 2. The first-order valence-electron chi connectivity index (χ1n) is 24.9. The van der Waals surface area contributed by atoms with Gasteiger partial charge in [0, 0.05) is 49.9 Å². The van der Waals surface area contributed by atoms with Crippen molar-refractivity contribution in [2.75, 3.05) is 13.2 Å². The molecule has 14 nitrogen and oxygen atoms in total. The number of hydrogen-bond acceptors (Lipinski definition) is 10. The highest BCUT2D eigenvalue weighted by Crippen LogP contribution is 2.47. The molecule has 8 unspecified atom stereocenters. The topological polar surface area (TPSA) is 162 Å². The minimum atomic E-state index is -0.568. The fourth-order valence-electron chi connectivity index (χ4n) is 10.7. The number of ether oxygens (including phenoxy) is 2. The molecule has 2 aliphatic rings. The summed E-state index contributed by atoms with van der Waals surface area (Å²) in [6, 6.07) is 23.5. The number of aliphatic hydroxyl groups excluding tert-OH is 2. The number of aromatic nitrogens is 8. The van der Waals surface area contributed by atoms with Crippen LogP contribution in [0.5, 0.6) is 0 Å². The van der Waals surface area contributed by atoms with Gasteiger partial charge in [-0.2, -0.15) is 30.0 Å². The van der Waals surface area contributed by atoms with E-state index >= 15 is 0 Å². The molecule has 2 fully saturated rings. The van der Waals surface area contributed by atoms with Gasteiger partial charge in [-0.1, -0.05) is 65.8 Å². The number of esters is 2. The van der Waals surface area contributed by atoms with Crippen molar-refractivity contribution in [1.82, 2.24) is 30.0 Å². The number of benzene rings is 2. The molecule has 0 amide bonds. The van der Waals surface area contributed by atoms with E-state index in [1.165, 1.54) is 0 Å². The third-order valence-corrected chi connectivity index (χ3v) is 14.6. The highest BCUT2D eigenvalue weighted by molar-refractivity contribution is 5.74. The van der Waals surface area contributed by atoms with E-state index in [0.29, 0.717) is 51.7 Å². The second kappa shape index (κ2) is 21.4. The van der Waals surface area contributed by atoms with E-state index in [2.05, 4.69) is 99.7 Å². The van der Waals surface area contributed by atoms with Crippen molar-refractivity contribution in [2.24, 2.45) is 34.5 Å². The molecule has 2 saturated carbocycles. The molecule has 0 radical (unpaired) electrons. The summed E-state index contributed by atoms with van der Waals surface area (Å²) in [5.74, 6) is 0.259. The molecule has 6 aromatic rings. The Morgan fingerprint density at radius 3 is 1.22 bits per heavy atom. The van der Waals surface area contributed by atoms with Gasteiger partial charge in [0.15, 0.2) is 37.9 Å². The lowest BCUT2D eigenvalue weighted by atomic mass is 9.65. The Hall–Kier alpha value is -5.60. The number of fused-ring (bicyclic) bond motifs is 2. The summed E-state index contributed by atoms with van der Waals surface area (Å²) in [6.07, 6.45) is 13.8. The van der Waals surface area contributed by atoms with Gasteiger partial charge >= 0.3 is 11.9 Å². The van der Waals surface area contributed by atoms with Gasteiger partial charge in [-0.3, -0.25) is 9.59 Å². The summed E-state index contributed by atoms with van der Waals surface area (Å²) in [6.45, 7) is 15.2. The summed E-state index contributed by atoms with van der Waals surface area (Å²) < 4.78 is 15.6. The predicted octanol–water partition coefficient (Wildman–Crippen LogP) is 8.19. The van der Waals surface area contributed by atoms with Crippen molar-refractivity contribution < 1.29 is 38.4 Å². The molecule has 0 aliphatic heterocycles. The number of rotatable bonds is 17. The zero-order valence-corrected chi connectivity index (χ0v) is 40.9. The molecule has 2 aliphatic carbocycles. The third-order valence-electron chi connectivity index (χ3n) is 14.6. The van der Waals surface area contributed by atoms with Crippen LogP contribution in [0.2, 0.25) is 0 Å². The van der Waals surface area contributed by atoms with Crippen LogP contribution < -0.4 is 9.13 Å². The zero-order chi connectivity index (χ0) is 48.0. The molecule has 8 atom stereocenters. The van der Waals surface area contributed by atoms with Crippen LogP contribution in [0.15, 0.2) is 97.6 Å². The van der Waals surface area contributed by atoms with Crippen LogP contribution in [0.4, 0.5) is 0 Å². The van der Waals surface area contributed by atoms with Crippen molar-refractivity contribution in [3.63, 3.8) is 0 Å². The molecule has 4 aromatic heterocycles. The molecule has 4 heterocycles. The minimum absolute atomic E-state index is 0.0573. The highest BCUT2D eigenvalue weighted by atomic mass is 16.5. The summed E-state index contributed by atoms with van der Waals surface area (Å²) in [5.41, 5.74) is 5.28. The first-order chi connectivity index (χ1) is 32.6. The molecular weight excluding hydrogens is 857 g/mol. The average molecular weight is 929 g/mol. The van der Waals surface area contributed by atoms with E-state index in [0.717, 1.165) is 72.0 Å². The van der Waals surface area contributed by atoms with Gasteiger partial charge in [-0.05, 0) is 108 Å². The maximum atomic E-state index is 12.9. The van der Waals surface area contributed by atoms with Gasteiger partial charge in [0.1, 0.15) is 22.1 Å². The Labute approximate surface area is 400 Å². The fraction of sp³-hybridized carbons (Fsp3) is 0.556. The second-order valence-corrected chi connectivity index (χ2v) is 21.6. The van der Waals surface area contributed by atoms with Crippen LogP contribution in [-0.4, -0.2) is 77.6 Å². The Morgan fingerprint density at radius 1 is 0.559 bits per heavy atom.